The number of carboxylic acid groups (broad SMARTS) is 2. The second-order valence-corrected chi connectivity index (χ2v) is 8.15. The van der Waals surface area contributed by atoms with Gasteiger partial charge in [0, 0.05) is 32.1 Å². The highest BCUT2D eigenvalue weighted by molar-refractivity contribution is 5.78. The van der Waals surface area contributed by atoms with Crippen LogP contribution in [-0.2, 0) is 9.59 Å². The normalized spacial score (nSPS) is 23.6. The third-order valence-corrected chi connectivity index (χ3v) is 5.65. The number of hydrogen-bond acceptors (Lipinski definition) is 7. The van der Waals surface area contributed by atoms with E-state index in [0.717, 1.165) is 29.1 Å². The lowest BCUT2D eigenvalue weighted by Crippen LogP contribution is -2.88. The summed E-state index contributed by atoms with van der Waals surface area (Å²) in [6.45, 7) is 0. The number of quaternary nitrogens is 2. The summed E-state index contributed by atoms with van der Waals surface area (Å²) in [5.41, 5.74) is 2.01. The summed E-state index contributed by atoms with van der Waals surface area (Å²) in [6.07, 6.45) is -0.123. The van der Waals surface area contributed by atoms with E-state index in [0.29, 0.717) is 12.1 Å². The first-order valence-electron chi connectivity index (χ1n) is 10.2. The number of nitrogens with two attached hydrogens (primary N) is 2. The molecular formula is C18H20F6N6O4. The Hall–Kier alpha value is -3.01. The minimum Gasteiger partial charge on any atom is -0.542 e. The van der Waals surface area contributed by atoms with Gasteiger partial charge in [-0.1, -0.05) is 0 Å². The number of alkyl halides is 6. The summed E-state index contributed by atoms with van der Waals surface area (Å²) in [6, 6.07) is 2.83. The highest BCUT2D eigenvalue weighted by atomic mass is 19.4. The maximum atomic E-state index is 10.5. The Kier molecular flexibility index (Phi) is 7.30. The Morgan fingerprint density at radius 1 is 0.971 bits per heavy atom. The van der Waals surface area contributed by atoms with Crippen molar-refractivity contribution in [3.8, 4) is 0 Å². The number of carbonyl (C=O) groups is 2. The van der Waals surface area contributed by atoms with E-state index in [-0.39, 0.29) is 0 Å². The smallest absolute Gasteiger partial charge is 0.430 e. The molecule has 0 spiro atoms. The summed E-state index contributed by atoms with van der Waals surface area (Å²) in [7, 11) is 0. The van der Waals surface area contributed by atoms with Crippen molar-refractivity contribution in [3.05, 3.63) is 12.7 Å². The number of nitrogens with zero attached hydrogens (tertiary/aromatic N) is 4. The molecule has 0 amide bonds. The van der Waals surface area contributed by atoms with Gasteiger partial charge in [0.05, 0.1) is 24.5 Å². The van der Waals surface area contributed by atoms with Crippen LogP contribution in [0.15, 0.2) is 12.7 Å². The van der Waals surface area contributed by atoms with Crippen LogP contribution in [-0.4, -0.2) is 61.9 Å². The molecule has 2 aromatic rings. The predicted molar refractivity (Wildman–Crippen MR) is 94.4 cm³/mol. The molecule has 3 aliphatic rings. The fourth-order valence-corrected chi connectivity index (χ4v) is 3.99. The molecule has 1 unspecified atom stereocenters. The monoisotopic (exact) mass is 498 g/mol. The van der Waals surface area contributed by atoms with Crippen LogP contribution < -0.4 is 20.8 Å². The zero-order valence-electron chi connectivity index (χ0n) is 17.3. The van der Waals surface area contributed by atoms with Gasteiger partial charge in [-0.25, -0.2) is 9.97 Å². The van der Waals surface area contributed by atoms with Crippen molar-refractivity contribution in [1.29, 1.82) is 0 Å². The van der Waals surface area contributed by atoms with Crippen LogP contribution >= 0.6 is 0 Å². The first-order chi connectivity index (χ1) is 15.8. The molecule has 2 aromatic heterocycles. The van der Waals surface area contributed by atoms with Gasteiger partial charge in [-0.2, -0.15) is 31.3 Å². The van der Waals surface area contributed by atoms with Gasteiger partial charge < -0.3 is 29.7 Å². The summed E-state index contributed by atoms with van der Waals surface area (Å²) in [5, 5.41) is 22.4. The van der Waals surface area contributed by atoms with Gasteiger partial charge in [-0.05, 0) is 0 Å². The first-order valence-corrected chi connectivity index (χ1v) is 10.2. The fraction of sp³-hybridized carbons (Fsp3) is 0.611. The van der Waals surface area contributed by atoms with E-state index in [9.17, 15) is 26.3 Å². The van der Waals surface area contributed by atoms with Crippen LogP contribution in [0.25, 0.3) is 11.2 Å². The van der Waals surface area contributed by atoms with Crippen molar-refractivity contribution in [2.45, 2.75) is 68.6 Å². The topological polar surface area (TPSA) is 157 Å². The first kappa shape index (κ1) is 25.6. The third-order valence-electron chi connectivity index (χ3n) is 5.65. The van der Waals surface area contributed by atoms with Crippen molar-refractivity contribution in [2.75, 3.05) is 0 Å². The molecule has 4 N–H and O–H groups in total. The minimum atomic E-state index is -5.19. The summed E-state index contributed by atoms with van der Waals surface area (Å²) < 4.78 is 65.4. The Morgan fingerprint density at radius 2 is 1.56 bits per heavy atom. The van der Waals surface area contributed by atoms with E-state index < -0.39 is 24.3 Å². The van der Waals surface area contributed by atoms with Gasteiger partial charge in [-0.3, -0.25) is 5.32 Å². The molecule has 1 aliphatic carbocycles. The molecule has 5 rings (SSSR count). The molecule has 2 bridgehead atoms. The lowest BCUT2D eigenvalue weighted by atomic mass is 9.95. The molecular weight excluding hydrogens is 478 g/mol. The van der Waals surface area contributed by atoms with Gasteiger partial charge in [0.1, 0.15) is 24.3 Å². The molecule has 1 saturated carbocycles. The third kappa shape index (κ3) is 6.31. The van der Waals surface area contributed by atoms with Gasteiger partial charge in [0.25, 0.3) is 5.82 Å². The molecule has 10 nitrogen and oxygen atoms in total. The average Bonchev–Trinajstić information content (AvgIpc) is 3.13. The Bertz CT molecular complexity index is 1010. The van der Waals surface area contributed by atoms with E-state index in [1.165, 1.54) is 32.1 Å². The maximum absolute atomic E-state index is 10.5. The Balaban J connectivity index is 0.000000194. The van der Waals surface area contributed by atoms with Crippen molar-refractivity contribution in [3.63, 3.8) is 0 Å². The second-order valence-electron chi connectivity index (χ2n) is 8.15. The molecule has 0 radical (unpaired) electrons. The largest absolute Gasteiger partial charge is 0.542 e. The minimum absolute atomic E-state index is 0.572. The maximum Gasteiger partial charge on any atom is 0.430 e. The Labute approximate surface area is 187 Å². The number of imidazole rings is 1. The SMILES string of the molecule is O=C([O-])C(F)(F)F.O=C([O-])C(F)(F)F.c1nc([NH2+]C2CC2)c2ncn(C3C[C@@H]4CC[C@H]3[NH2+]4)c2n1. The summed E-state index contributed by atoms with van der Waals surface area (Å²) >= 11 is 0. The predicted octanol–water partition coefficient (Wildman–Crippen LogP) is -2.18. The van der Waals surface area contributed by atoms with Gasteiger partial charge in [0.15, 0.2) is 11.2 Å². The van der Waals surface area contributed by atoms with E-state index >= 15 is 0 Å². The van der Waals surface area contributed by atoms with Crippen LogP contribution in [0, 0.1) is 0 Å². The highest BCUT2D eigenvalue weighted by Gasteiger charge is 2.45. The van der Waals surface area contributed by atoms with Crippen molar-refractivity contribution < 1.29 is 56.8 Å². The zero-order valence-corrected chi connectivity index (χ0v) is 17.3. The zero-order chi connectivity index (χ0) is 25.3. The molecule has 188 valence electrons. The standard InChI is InChI=1S/C14H18N6.2C2HF3O2/c1-2-8(1)19-13-12-14(16-6-15-13)20(7-17-12)11-5-9-3-4-10(11)18-9;2*3-2(4,5)1(6)7/h6-11,18H,1-5H2,(H,15,16,19);2*(H,6,7)/t9-,10+,11?;;/m0../s1. The van der Waals surface area contributed by atoms with Crippen molar-refractivity contribution in [1.82, 2.24) is 19.5 Å². The van der Waals surface area contributed by atoms with Crippen LogP contribution in [0.2, 0.25) is 0 Å². The molecule has 3 fully saturated rings. The van der Waals surface area contributed by atoms with Crippen LogP contribution in [0.4, 0.5) is 32.2 Å². The molecule has 2 saturated heterocycles. The number of halogens is 6. The van der Waals surface area contributed by atoms with Crippen molar-refractivity contribution >= 4 is 28.9 Å². The quantitative estimate of drug-likeness (QED) is 0.456. The number of rotatable bonds is 3. The van der Waals surface area contributed by atoms with E-state index in [4.69, 9.17) is 19.8 Å². The van der Waals surface area contributed by atoms with Gasteiger partial charge in [-0.15, -0.1) is 0 Å². The van der Waals surface area contributed by atoms with Gasteiger partial charge >= 0.3 is 12.4 Å². The Morgan fingerprint density at radius 3 is 2.00 bits per heavy atom. The van der Waals surface area contributed by atoms with E-state index in [1.807, 2.05) is 6.33 Å². The highest BCUT2D eigenvalue weighted by Crippen LogP contribution is 2.33. The van der Waals surface area contributed by atoms with E-state index in [1.54, 1.807) is 6.33 Å². The molecule has 16 heteroatoms. The molecule has 2 aliphatic heterocycles. The average molecular weight is 498 g/mol. The number of aromatic nitrogens is 4. The van der Waals surface area contributed by atoms with Crippen LogP contribution in [0.3, 0.4) is 0 Å². The molecule has 4 heterocycles. The number of carbonyl (C=O) groups excluding carboxylic acids is 2. The molecule has 34 heavy (non-hydrogen) atoms. The summed E-state index contributed by atoms with van der Waals surface area (Å²) in [4.78, 5) is 31.1. The van der Waals surface area contributed by atoms with Crippen LogP contribution in [0.1, 0.15) is 38.1 Å². The lowest BCUT2D eigenvalue weighted by Gasteiger charge is -2.18. The number of hydrogen-bond donors (Lipinski definition) is 2. The number of aliphatic carboxylic acids is 2. The number of fused-ring (bicyclic) bond motifs is 3. The van der Waals surface area contributed by atoms with Gasteiger partial charge in [0.2, 0.25) is 0 Å². The fourth-order valence-electron chi connectivity index (χ4n) is 3.99. The van der Waals surface area contributed by atoms with E-state index in [2.05, 4.69) is 30.2 Å². The summed E-state index contributed by atoms with van der Waals surface area (Å²) in [5.74, 6) is -4.98. The van der Waals surface area contributed by atoms with Crippen LogP contribution in [0.5, 0.6) is 0 Å². The second kappa shape index (κ2) is 9.69. The molecule has 3 atom stereocenters. The lowest BCUT2D eigenvalue weighted by molar-refractivity contribution is -0.683. The number of carboxylic acids is 2. The molecule has 0 aromatic carbocycles. The van der Waals surface area contributed by atoms with Crippen molar-refractivity contribution in [2.24, 2.45) is 0 Å².